The molecule has 1 amide bonds. The van der Waals surface area contributed by atoms with Crippen molar-refractivity contribution in [1.29, 1.82) is 0 Å². The first-order chi connectivity index (χ1) is 15.0. The van der Waals surface area contributed by atoms with Gasteiger partial charge in [-0.05, 0) is 51.3 Å². The highest BCUT2D eigenvalue weighted by Gasteiger charge is 2.18. The molecule has 0 aliphatic carbocycles. The molecule has 2 heterocycles. The zero-order valence-electron chi connectivity index (χ0n) is 18.1. The predicted molar refractivity (Wildman–Crippen MR) is 123 cm³/mol. The van der Waals surface area contributed by atoms with E-state index in [0.717, 1.165) is 41.6 Å². The molecular weight excluding hydrogens is 390 g/mol. The van der Waals surface area contributed by atoms with Crippen LogP contribution >= 0.6 is 0 Å². The van der Waals surface area contributed by atoms with Crippen LogP contribution in [0.4, 0.5) is 5.82 Å². The Morgan fingerprint density at radius 3 is 2.61 bits per heavy atom. The number of aromatic nitrogens is 2. The van der Waals surface area contributed by atoms with Gasteiger partial charge in [-0.25, -0.2) is 9.97 Å². The lowest BCUT2D eigenvalue weighted by atomic mass is 10.2. The number of carbonyl (C=O) groups excluding carboxylic acids is 1. The van der Waals surface area contributed by atoms with Crippen molar-refractivity contribution in [3.8, 4) is 0 Å². The molecule has 4 rings (SSSR count). The molecule has 0 aliphatic rings. The number of hydrogen-bond acceptors (Lipinski definition) is 6. The van der Waals surface area contributed by atoms with Gasteiger partial charge in [0.25, 0.3) is 5.91 Å². The Balaban J connectivity index is 1.53. The minimum absolute atomic E-state index is 0.201. The number of benzene rings is 2. The van der Waals surface area contributed by atoms with Gasteiger partial charge in [0.2, 0.25) is 0 Å². The second-order valence-corrected chi connectivity index (χ2v) is 7.90. The molecule has 0 atom stereocenters. The minimum Gasteiger partial charge on any atom is -0.451 e. The number of para-hydroxylation sites is 2. The summed E-state index contributed by atoms with van der Waals surface area (Å²) in [6.45, 7) is 2.09. The van der Waals surface area contributed by atoms with Gasteiger partial charge in [-0.1, -0.05) is 30.3 Å². The number of anilines is 1. The molecule has 7 nitrogen and oxygen atoms in total. The lowest BCUT2D eigenvalue weighted by molar-refractivity contribution is 0.0752. The van der Waals surface area contributed by atoms with Crippen LogP contribution in [-0.4, -0.2) is 59.9 Å². The Morgan fingerprint density at radius 1 is 1.03 bits per heavy atom. The van der Waals surface area contributed by atoms with Crippen molar-refractivity contribution >= 4 is 33.6 Å². The van der Waals surface area contributed by atoms with Gasteiger partial charge in [0.1, 0.15) is 11.4 Å². The highest BCUT2D eigenvalue weighted by molar-refractivity contribution is 5.96. The number of nitrogens with one attached hydrogen (secondary N) is 1. The van der Waals surface area contributed by atoms with E-state index in [1.807, 2.05) is 48.5 Å². The molecule has 4 aromatic rings. The Bertz CT molecular complexity index is 1170. The fourth-order valence-corrected chi connectivity index (χ4v) is 3.49. The number of hydrogen-bond donors (Lipinski definition) is 1. The number of fused-ring (bicyclic) bond motifs is 2. The zero-order chi connectivity index (χ0) is 21.8. The molecule has 0 unspecified atom stereocenters. The van der Waals surface area contributed by atoms with Crippen LogP contribution in [0.15, 0.2) is 59.0 Å². The van der Waals surface area contributed by atoms with Gasteiger partial charge < -0.3 is 19.5 Å². The van der Waals surface area contributed by atoms with Crippen molar-refractivity contribution in [2.24, 2.45) is 0 Å². The van der Waals surface area contributed by atoms with Crippen LogP contribution in [0, 0.1) is 0 Å². The number of carbonyl (C=O) groups is 1. The first-order valence-corrected chi connectivity index (χ1v) is 10.4. The normalized spacial score (nSPS) is 11.4. The fourth-order valence-electron chi connectivity index (χ4n) is 3.49. The Hall–Kier alpha value is -3.45. The first kappa shape index (κ1) is 20.8. The van der Waals surface area contributed by atoms with E-state index in [0.29, 0.717) is 17.2 Å². The van der Waals surface area contributed by atoms with Crippen molar-refractivity contribution in [3.05, 3.63) is 66.2 Å². The first-order valence-electron chi connectivity index (χ1n) is 10.4. The van der Waals surface area contributed by atoms with E-state index in [4.69, 9.17) is 9.40 Å². The zero-order valence-corrected chi connectivity index (χ0v) is 18.1. The summed E-state index contributed by atoms with van der Waals surface area (Å²) >= 11 is 0. The van der Waals surface area contributed by atoms with Crippen molar-refractivity contribution in [3.63, 3.8) is 0 Å². The molecule has 2 aromatic carbocycles. The van der Waals surface area contributed by atoms with Gasteiger partial charge in [-0.3, -0.25) is 4.79 Å². The van der Waals surface area contributed by atoms with Gasteiger partial charge in [-0.15, -0.1) is 0 Å². The fraction of sp³-hybridized carbons (Fsp3) is 0.292. The van der Waals surface area contributed by atoms with E-state index < -0.39 is 0 Å². The number of furan rings is 1. The molecule has 160 valence electrons. The number of nitrogens with zero attached hydrogens (tertiary/aromatic N) is 4. The summed E-state index contributed by atoms with van der Waals surface area (Å²) in [6.07, 6.45) is 1.01. The summed E-state index contributed by atoms with van der Waals surface area (Å²) in [5.74, 6) is 1.49. The second kappa shape index (κ2) is 9.14. The van der Waals surface area contributed by atoms with E-state index in [9.17, 15) is 4.79 Å². The van der Waals surface area contributed by atoms with Gasteiger partial charge >= 0.3 is 0 Å². The number of amides is 1. The highest BCUT2D eigenvalue weighted by atomic mass is 16.3. The average Bonchev–Trinajstić information content (AvgIpc) is 3.20. The summed E-state index contributed by atoms with van der Waals surface area (Å²) in [7, 11) is 5.86. The third kappa shape index (κ3) is 4.83. The van der Waals surface area contributed by atoms with Crippen molar-refractivity contribution in [1.82, 2.24) is 19.8 Å². The Kier molecular flexibility index (Phi) is 6.13. The van der Waals surface area contributed by atoms with Crippen LogP contribution in [0.2, 0.25) is 0 Å². The standard InChI is InChI=1S/C24H27N5O2/c1-28(2)14-8-13-25-23-18-10-5-6-11-19(18)26-22(27-23)16-29(3)24(30)21-15-17-9-4-7-12-20(17)31-21/h4-7,9-12,15H,8,13-14,16H2,1-3H3,(H,25,26,27). The van der Waals surface area contributed by atoms with Crippen LogP contribution in [0.25, 0.3) is 21.9 Å². The molecule has 0 aliphatic heterocycles. The van der Waals surface area contributed by atoms with Gasteiger partial charge in [0.15, 0.2) is 11.6 Å². The molecule has 0 fully saturated rings. The van der Waals surface area contributed by atoms with Crippen LogP contribution in [0.5, 0.6) is 0 Å². The summed E-state index contributed by atoms with van der Waals surface area (Å²) in [5, 5.41) is 5.32. The van der Waals surface area contributed by atoms with Gasteiger partial charge in [-0.2, -0.15) is 0 Å². The molecule has 0 bridgehead atoms. The highest BCUT2D eigenvalue weighted by Crippen LogP contribution is 2.22. The van der Waals surface area contributed by atoms with E-state index in [1.54, 1.807) is 18.0 Å². The van der Waals surface area contributed by atoms with E-state index in [1.165, 1.54) is 0 Å². The van der Waals surface area contributed by atoms with Gasteiger partial charge in [0, 0.05) is 24.4 Å². The van der Waals surface area contributed by atoms with Crippen LogP contribution in [-0.2, 0) is 6.54 Å². The molecule has 2 aromatic heterocycles. The van der Waals surface area contributed by atoms with Crippen LogP contribution in [0.1, 0.15) is 22.8 Å². The minimum atomic E-state index is -0.201. The quantitative estimate of drug-likeness (QED) is 0.437. The second-order valence-electron chi connectivity index (χ2n) is 7.90. The summed E-state index contributed by atoms with van der Waals surface area (Å²) in [4.78, 5) is 26.0. The largest absolute Gasteiger partial charge is 0.451 e. The summed E-state index contributed by atoms with van der Waals surface area (Å²) in [5.41, 5.74) is 1.55. The van der Waals surface area contributed by atoms with Crippen molar-refractivity contribution < 1.29 is 9.21 Å². The monoisotopic (exact) mass is 417 g/mol. The molecule has 0 spiro atoms. The molecule has 31 heavy (non-hydrogen) atoms. The Labute approximate surface area is 181 Å². The molecule has 0 radical (unpaired) electrons. The molecule has 0 saturated carbocycles. The molecule has 0 saturated heterocycles. The molecule has 1 N–H and O–H groups in total. The molecular formula is C24H27N5O2. The Morgan fingerprint density at radius 2 is 1.81 bits per heavy atom. The maximum absolute atomic E-state index is 12.9. The third-order valence-corrected chi connectivity index (χ3v) is 5.09. The maximum atomic E-state index is 12.9. The van der Waals surface area contributed by atoms with E-state index in [-0.39, 0.29) is 12.5 Å². The van der Waals surface area contributed by atoms with Crippen molar-refractivity contribution in [2.45, 2.75) is 13.0 Å². The summed E-state index contributed by atoms with van der Waals surface area (Å²) < 4.78 is 5.72. The van der Waals surface area contributed by atoms with E-state index >= 15 is 0 Å². The van der Waals surface area contributed by atoms with E-state index in [2.05, 4.69) is 29.3 Å². The number of rotatable bonds is 8. The predicted octanol–water partition coefficient (Wildman–Crippen LogP) is 4.01. The van der Waals surface area contributed by atoms with Crippen LogP contribution < -0.4 is 5.32 Å². The summed E-state index contributed by atoms with van der Waals surface area (Å²) in [6, 6.07) is 17.3. The van der Waals surface area contributed by atoms with Crippen molar-refractivity contribution in [2.75, 3.05) is 39.5 Å². The smallest absolute Gasteiger partial charge is 0.289 e. The lowest BCUT2D eigenvalue weighted by Gasteiger charge is -2.17. The molecule has 7 heteroatoms. The lowest BCUT2D eigenvalue weighted by Crippen LogP contribution is -2.27. The third-order valence-electron chi connectivity index (χ3n) is 5.09. The van der Waals surface area contributed by atoms with Crippen LogP contribution in [0.3, 0.4) is 0 Å². The van der Waals surface area contributed by atoms with Gasteiger partial charge in [0.05, 0.1) is 12.1 Å². The average molecular weight is 418 g/mol. The maximum Gasteiger partial charge on any atom is 0.289 e. The topological polar surface area (TPSA) is 74.5 Å². The SMILES string of the molecule is CN(C)CCCNc1nc(CN(C)C(=O)c2cc3ccccc3o2)nc2ccccc12.